The van der Waals surface area contributed by atoms with Gasteiger partial charge in [0.2, 0.25) is 0 Å². The predicted molar refractivity (Wildman–Crippen MR) is 222 cm³/mol. The van der Waals surface area contributed by atoms with Crippen molar-refractivity contribution in [2.45, 2.75) is 45.2 Å². The first-order valence-electron chi connectivity index (χ1n) is 18.7. The second-order valence-electron chi connectivity index (χ2n) is 13.3. The summed E-state index contributed by atoms with van der Waals surface area (Å²) < 4.78 is 28.8. The molecule has 2 atom stereocenters. The molecular weight excluding hydrogens is 711 g/mol. The van der Waals surface area contributed by atoms with Crippen LogP contribution in [0.15, 0.2) is 95.2 Å². The fraction of sp³-hybridized carbons (Fsp3) is 0.273. The molecule has 4 aliphatic heterocycles. The van der Waals surface area contributed by atoms with E-state index in [1.807, 2.05) is 81.0 Å². The van der Waals surface area contributed by atoms with Crippen molar-refractivity contribution in [1.82, 2.24) is 9.80 Å². The number of methoxy groups -OCH3 is 3. The normalized spacial score (nSPS) is 17.6. The highest BCUT2D eigenvalue weighted by Crippen LogP contribution is 2.42. The summed E-state index contributed by atoms with van der Waals surface area (Å²) >= 11 is 0. The number of anilines is 1. The van der Waals surface area contributed by atoms with Crippen LogP contribution in [0.25, 0.3) is 11.1 Å². The first-order chi connectivity index (χ1) is 27.3. The Morgan fingerprint density at radius 1 is 0.643 bits per heavy atom. The fourth-order valence-electron chi connectivity index (χ4n) is 7.07. The number of nitrogens with zero attached hydrogens (tertiary/aromatic N) is 4. The topological polar surface area (TPSA) is 138 Å². The lowest BCUT2D eigenvalue weighted by atomic mass is 10.0. The highest BCUT2D eigenvalue weighted by Gasteiger charge is 2.35. The molecule has 4 aromatic rings. The van der Waals surface area contributed by atoms with E-state index in [1.54, 1.807) is 54.5 Å². The number of carbonyl (C=O) groups excluding carboxylic acids is 2. The molecule has 0 aromatic heterocycles. The van der Waals surface area contributed by atoms with Gasteiger partial charge in [0.05, 0.1) is 69.1 Å². The van der Waals surface area contributed by atoms with Crippen LogP contribution in [0, 0.1) is 0 Å². The van der Waals surface area contributed by atoms with Gasteiger partial charge in [-0.3, -0.25) is 19.6 Å². The molecule has 0 aliphatic carbocycles. The Balaban J connectivity index is 0.00000158. The summed E-state index contributed by atoms with van der Waals surface area (Å²) in [7, 11) is 4.72. The zero-order chi connectivity index (χ0) is 39.3. The lowest BCUT2D eigenvalue weighted by Gasteiger charge is -2.19. The van der Waals surface area contributed by atoms with E-state index in [4.69, 9.17) is 34.4 Å². The Bertz CT molecular complexity index is 2260. The predicted octanol–water partition coefficient (Wildman–Crippen LogP) is 8.60. The lowest BCUT2D eigenvalue weighted by molar-refractivity contribution is 0.0809. The number of nitrogens with two attached hydrogens (primary N) is 1. The number of benzene rings is 4. The molecule has 8 rings (SSSR count). The second kappa shape index (κ2) is 16.4. The summed E-state index contributed by atoms with van der Waals surface area (Å²) in [5.74, 6) is 2.27. The van der Waals surface area contributed by atoms with E-state index in [1.165, 1.54) is 7.11 Å². The van der Waals surface area contributed by atoms with E-state index in [2.05, 4.69) is 4.99 Å². The lowest BCUT2D eigenvalue weighted by Crippen LogP contribution is -2.32. The quantitative estimate of drug-likeness (QED) is 0.119. The second-order valence-corrected chi connectivity index (χ2v) is 13.3. The van der Waals surface area contributed by atoms with Crippen molar-refractivity contribution in [1.29, 1.82) is 0 Å². The van der Waals surface area contributed by atoms with E-state index in [0.29, 0.717) is 83.7 Å². The van der Waals surface area contributed by atoms with Crippen molar-refractivity contribution < 1.29 is 36.1 Å². The van der Waals surface area contributed by atoms with Crippen molar-refractivity contribution in [3.63, 3.8) is 0 Å². The molecule has 12 heteroatoms. The molecular formula is C44H49N5O7. The molecule has 2 amide bonds. The van der Waals surface area contributed by atoms with Gasteiger partial charge < -0.3 is 39.2 Å². The van der Waals surface area contributed by atoms with Crippen molar-refractivity contribution in [2.24, 2.45) is 9.98 Å². The van der Waals surface area contributed by atoms with Gasteiger partial charge in [0, 0.05) is 64.8 Å². The maximum Gasteiger partial charge on any atom is 0.260 e. The van der Waals surface area contributed by atoms with Gasteiger partial charge in [0.1, 0.15) is 5.75 Å². The molecule has 4 aromatic carbocycles. The Labute approximate surface area is 329 Å². The maximum absolute atomic E-state index is 13.7. The number of nitrogen functional groups attached to an aromatic ring is 1. The molecule has 4 aliphatic rings. The molecule has 2 N–H and O–H groups in total. The van der Waals surface area contributed by atoms with Crippen LogP contribution in [0.3, 0.4) is 0 Å². The number of rotatable bonds is 11. The minimum Gasteiger partial charge on any atom is -0.497 e. The van der Waals surface area contributed by atoms with E-state index in [-0.39, 0.29) is 26.8 Å². The van der Waals surface area contributed by atoms with Crippen molar-refractivity contribution in [3.8, 4) is 28.7 Å². The van der Waals surface area contributed by atoms with Crippen molar-refractivity contribution in [2.75, 3.05) is 40.3 Å². The molecule has 12 nitrogen and oxygen atoms in total. The summed E-state index contributed by atoms with van der Waals surface area (Å²) in [6.45, 7) is 4.61. The van der Waals surface area contributed by atoms with Gasteiger partial charge in [-0.1, -0.05) is 38.1 Å². The highest BCUT2D eigenvalue weighted by atomic mass is 16.5. The van der Waals surface area contributed by atoms with Gasteiger partial charge in [0.15, 0.2) is 23.0 Å². The van der Waals surface area contributed by atoms with E-state index in [0.717, 1.165) is 28.0 Å². The molecule has 0 saturated carbocycles. The zero-order valence-corrected chi connectivity index (χ0v) is 32.2. The monoisotopic (exact) mass is 759 g/mol. The Morgan fingerprint density at radius 3 is 1.52 bits per heavy atom. The van der Waals surface area contributed by atoms with Crippen LogP contribution < -0.4 is 29.4 Å². The van der Waals surface area contributed by atoms with Crippen LogP contribution in [0.2, 0.25) is 0 Å². The molecule has 56 heavy (non-hydrogen) atoms. The largest absolute Gasteiger partial charge is 0.497 e. The van der Waals surface area contributed by atoms with Crippen LogP contribution in [0.5, 0.6) is 28.7 Å². The Hall–Kier alpha value is -6.56. The molecule has 1 unspecified atom stereocenters. The van der Waals surface area contributed by atoms with Crippen molar-refractivity contribution in [3.05, 3.63) is 107 Å². The number of carbonyl (C=O) groups is 2. The first kappa shape index (κ1) is 37.7. The van der Waals surface area contributed by atoms with Gasteiger partial charge in [-0.15, -0.1) is 0 Å². The molecule has 292 valence electrons. The Morgan fingerprint density at radius 2 is 1.09 bits per heavy atom. The first-order valence-corrected chi connectivity index (χ1v) is 18.7. The smallest absolute Gasteiger partial charge is 0.260 e. The third-order valence-electron chi connectivity index (χ3n) is 9.97. The number of ether oxygens (including phenoxy) is 5. The standard InChI is InChI=1S/C42H39N5O7.C2H6.2H2/c1-50-32-11-7-26(8-12-32)28-16-31-22-45-36-20-40(38(52-3)18-34(36)42(49)47(31)24-28)54-14-4-13-53-39-19-35-33(17-37(39)51-2)41(48)46-23-27(15-30(46)21-44-35)25-5-9-29(43)10-6-25;1-2;;/h5-12,17-24,30-31H,4,13-16,43H2,1-3H3;1-2H3;2*1H/t30-,31?;;;/m0.../s1. The zero-order valence-electron chi connectivity index (χ0n) is 32.2. The minimum atomic E-state index is -0.203. The third kappa shape index (κ3) is 7.42. The fourth-order valence-corrected chi connectivity index (χ4v) is 7.07. The van der Waals surface area contributed by atoms with Gasteiger partial charge in [-0.25, -0.2) is 0 Å². The Kier molecular flexibility index (Phi) is 11.1. The van der Waals surface area contributed by atoms with Crippen molar-refractivity contribution >= 4 is 52.5 Å². The van der Waals surface area contributed by atoms with Gasteiger partial charge in [-0.05, 0) is 58.7 Å². The van der Waals surface area contributed by atoms with Crippen LogP contribution in [0.1, 0.15) is 67.8 Å². The molecule has 0 bridgehead atoms. The number of amides is 2. The van der Waals surface area contributed by atoms with E-state index in [9.17, 15) is 9.59 Å². The summed E-state index contributed by atoms with van der Waals surface area (Å²) in [5.41, 5.74) is 12.6. The number of hydrogen-bond donors (Lipinski definition) is 1. The average Bonchev–Trinajstić information content (AvgIpc) is 3.81. The summed E-state index contributed by atoms with van der Waals surface area (Å²) in [6.07, 6.45) is 9.22. The minimum absolute atomic E-state index is 0. The van der Waals surface area contributed by atoms with Crippen LogP contribution in [-0.2, 0) is 0 Å². The van der Waals surface area contributed by atoms with Crippen LogP contribution >= 0.6 is 0 Å². The van der Waals surface area contributed by atoms with Gasteiger partial charge in [-0.2, -0.15) is 0 Å². The van der Waals surface area contributed by atoms with Crippen LogP contribution in [0.4, 0.5) is 17.1 Å². The molecule has 0 saturated heterocycles. The number of hydrogen-bond acceptors (Lipinski definition) is 10. The highest BCUT2D eigenvalue weighted by molar-refractivity contribution is 6.06. The van der Waals surface area contributed by atoms with Gasteiger partial charge in [0.25, 0.3) is 11.8 Å². The molecule has 0 fully saturated rings. The third-order valence-corrected chi connectivity index (χ3v) is 9.97. The average molecular weight is 760 g/mol. The maximum atomic E-state index is 13.7. The van der Waals surface area contributed by atoms with E-state index >= 15 is 0 Å². The van der Waals surface area contributed by atoms with E-state index < -0.39 is 0 Å². The van der Waals surface area contributed by atoms with Gasteiger partial charge >= 0.3 is 0 Å². The summed E-state index contributed by atoms with van der Waals surface area (Å²) in [6, 6.07) is 21.9. The summed E-state index contributed by atoms with van der Waals surface area (Å²) in [4.78, 5) is 40.3. The molecule has 4 heterocycles. The number of fused-ring (bicyclic) bond motifs is 4. The molecule has 0 spiro atoms. The summed E-state index contributed by atoms with van der Waals surface area (Å²) in [5, 5.41) is 0. The SMILES string of the molecule is CC.COc1ccc(C2=CN3C(=O)c4cc(OC)c(OCCCOc5cc6c(cc5OC)C(=O)N5C=C(c7ccc(N)cc7)C[C@H]5C=N6)cc4N=CC3C2)cc1.[HH].[HH]. The molecule has 0 radical (unpaired) electrons. The number of aliphatic imine (C=N–C) groups is 2. The van der Waals surface area contributed by atoms with Crippen LogP contribution in [-0.4, -0.2) is 80.7 Å².